The van der Waals surface area contributed by atoms with Crippen molar-refractivity contribution in [3.05, 3.63) is 0 Å². The van der Waals surface area contributed by atoms with E-state index < -0.39 is 0 Å². The maximum Gasteiger partial charge on any atom is 0.236 e. The first-order chi connectivity index (χ1) is 7.75. The first kappa shape index (κ1) is 11.9. The number of piperidine rings is 1. The van der Waals surface area contributed by atoms with Crippen molar-refractivity contribution < 1.29 is 4.79 Å². The van der Waals surface area contributed by atoms with Crippen molar-refractivity contribution in [2.24, 2.45) is 0 Å². The monoisotopic (exact) mass is 225 g/mol. The van der Waals surface area contributed by atoms with Gasteiger partial charge in [-0.05, 0) is 25.8 Å². The summed E-state index contributed by atoms with van der Waals surface area (Å²) in [4.78, 5) is 15.6. The lowest BCUT2D eigenvalue weighted by Gasteiger charge is -2.33. The molecule has 4 nitrogen and oxygen atoms in total. The second-order valence-corrected chi connectivity index (χ2v) is 5.03. The van der Waals surface area contributed by atoms with E-state index in [2.05, 4.69) is 10.2 Å². The van der Waals surface area contributed by atoms with Crippen LogP contribution in [0, 0.1) is 0 Å². The summed E-state index contributed by atoms with van der Waals surface area (Å²) in [6.45, 7) is 4.78. The molecule has 2 fully saturated rings. The molecule has 0 saturated carbocycles. The summed E-state index contributed by atoms with van der Waals surface area (Å²) in [5.74, 6) is 0.267. The topological polar surface area (TPSA) is 35.6 Å². The predicted octanol–water partition coefficient (Wildman–Crippen LogP) is 0.293. The van der Waals surface area contributed by atoms with Crippen LogP contribution < -0.4 is 5.32 Å². The number of likely N-dealkylation sites (N-methyl/N-ethyl adjacent to an activating group) is 1. The Kier molecular flexibility index (Phi) is 4.18. The molecule has 1 N–H and O–H groups in total. The SMILES string of the molecule is CN1CCN(CCC2CCCCN2)CC1=O. The molecule has 0 aromatic heterocycles. The number of carbonyl (C=O) groups is 1. The van der Waals surface area contributed by atoms with Gasteiger partial charge in [0.25, 0.3) is 0 Å². The molecule has 2 saturated heterocycles. The molecular formula is C12H23N3O. The molecule has 2 aliphatic rings. The van der Waals surface area contributed by atoms with E-state index in [1.165, 1.54) is 32.2 Å². The number of piperazine rings is 1. The fourth-order valence-corrected chi connectivity index (χ4v) is 2.51. The molecule has 0 aromatic carbocycles. The van der Waals surface area contributed by atoms with Crippen LogP contribution in [-0.4, -0.2) is 61.5 Å². The van der Waals surface area contributed by atoms with Gasteiger partial charge in [0.1, 0.15) is 0 Å². The van der Waals surface area contributed by atoms with Gasteiger partial charge in [-0.2, -0.15) is 0 Å². The summed E-state index contributed by atoms with van der Waals surface area (Å²) in [7, 11) is 1.89. The summed E-state index contributed by atoms with van der Waals surface area (Å²) < 4.78 is 0. The van der Waals surface area contributed by atoms with E-state index in [0.717, 1.165) is 19.6 Å². The molecule has 0 spiro atoms. The minimum Gasteiger partial charge on any atom is -0.343 e. The lowest BCUT2D eigenvalue weighted by molar-refractivity contribution is -0.134. The normalized spacial score (nSPS) is 28.4. The van der Waals surface area contributed by atoms with Crippen molar-refractivity contribution >= 4 is 5.91 Å². The smallest absolute Gasteiger partial charge is 0.236 e. The molecule has 0 aliphatic carbocycles. The van der Waals surface area contributed by atoms with E-state index in [1.807, 2.05) is 11.9 Å². The van der Waals surface area contributed by atoms with Gasteiger partial charge in [0.2, 0.25) is 5.91 Å². The summed E-state index contributed by atoms with van der Waals surface area (Å²) in [5.41, 5.74) is 0. The molecule has 4 heteroatoms. The Balaban J connectivity index is 1.67. The average Bonchev–Trinajstić information content (AvgIpc) is 2.32. The van der Waals surface area contributed by atoms with Crippen molar-refractivity contribution in [1.82, 2.24) is 15.1 Å². The molecule has 92 valence electrons. The maximum atomic E-state index is 11.5. The van der Waals surface area contributed by atoms with Crippen LogP contribution in [0.2, 0.25) is 0 Å². The highest BCUT2D eigenvalue weighted by molar-refractivity contribution is 5.78. The number of nitrogens with zero attached hydrogens (tertiary/aromatic N) is 2. The largest absolute Gasteiger partial charge is 0.343 e. The van der Waals surface area contributed by atoms with E-state index in [1.54, 1.807) is 0 Å². The molecule has 1 amide bonds. The van der Waals surface area contributed by atoms with E-state index in [9.17, 15) is 4.79 Å². The van der Waals surface area contributed by atoms with Gasteiger partial charge >= 0.3 is 0 Å². The molecular weight excluding hydrogens is 202 g/mol. The second kappa shape index (κ2) is 5.64. The standard InChI is InChI=1S/C12H23N3O/c1-14-8-9-15(10-12(14)16)7-5-11-4-2-3-6-13-11/h11,13H,2-10H2,1H3. The van der Waals surface area contributed by atoms with Crippen LogP contribution in [0.15, 0.2) is 0 Å². The second-order valence-electron chi connectivity index (χ2n) is 5.03. The number of amides is 1. The molecule has 0 aromatic rings. The van der Waals surface area contributed by atoms with Crippen molar-refractivity contribution in [3.8, 4) is 0 Å². The Hall–Kier alpha value is -0.610. The van der Waals surface area contributed by atoms with Crippen LogP contribution in [0.25, 0.3) is 0 Å². The van der Waals surface area contributed by atoms with Crippen LogP contribution >= 0.6 is 0 Å². The van der Waals surface area contributed by atoms with E-state index in [-0.39, 0.29) is 5.91 Å². The van der Waals surface area contributed by atoms with E-state index >= 15 is 0 Å². The summed E-state index contributed by atoms with van der Waals surface area (Å²) in [6, 6.07) is 0.684. The quantitative estimate of drug-likeness (QED) is 0.750. The molecule has 2 rings (SSSR count). The first-order valence-electron chi connectivity index (χ1n) is 6.45. The van der Waals surface area contributed by atoms with Gasteiger partial charge in [-0.3, -0.25) is 9.69 Å². The van der Waals surface area contributed by atoms with Crippen LogP contribution in [0.1, 0.15) is 25.7 Å². The maximum absolute atomic E-state index is 11.5. The average molecular weight is 225 g/mol. The van der Waals surface area contributed by atoms with Crippen molar-refractivity contribution in [2.75, 3.05) is 39.8 Å². The molecule has 1 atom stereocenters. The van der Waals surface area contributed by atoms with Gasteiger partial charge in [-0.15, -0.1) is 0 Å². The summed E-state index contributed by atoms with van der Waals surface area (Å²) >= 11 is 0. The zero-order valence-electron chi connectivity index (χ0n) is 10.2. The molecule has 0 bridgehead atoms. The Morgan fingerprint density at radius 2 is 2.25 bits per heavy atom. The number of hydrogen-bond acceptors (Lipinski definition) is 3. The fraction of sp³-hybridized carbons (Fsp3) is 0.917. The predicted molar refractivity (Wildman–Crippen MR) is 64.3 cm³/mol. The zero-order chi connectivity index (χ0) is 11.4. The van der Waals surface area contributed by atoms with Gasteiger partial charge in [0.05, 0.1) is 6.54 Å². The fourth-order valence-electron chi connectivity index (χ4n) is 2.51. The van der Waals surface area contributed by atoms with E-state index in [4.69, 9.17) is 0 Å². The molecule has 1 unspecified atom stereocenters. The van der Waals surface area contributed by atoms with Crippen molar-refractivity contribution in [1.29, 1.82) is 0 Å². The minimum absolute atomic E-state index is 0.267. The Morgan fingerprint density at radius 3 is 2.94 bits per heavy atom. The zero-order valence-corrected chi connectivity index (χ0v) is 10.2. The lowest BCUT2D eigenvalue weighted by Crippen LogP contribution is -2.49. The van der Waals surface area contributed by atoms with Gasteiger partial charge < -0.3 is 10.2 Å². The molecule has 0 radical (unpaired) electrons. The minimum atomic E-state index is 0.267. The molecule has 2 heterocycles. The van der Waals surface area contributed by atoms with Crippen molar-refractivity contribution in [3.63, 3.8) is 0 Å². The highest BCUT2D eigenvalue weighted by atomic mass is 16.2. The third kappa shape index (κ3) is 3.19. The van der Waals surface area contributed by atoms with Crippen LogP contribution in [0.5, 0.6) is 0 Å². The molecule has 2 aliphatic heterocycles. The Bertz CT molecular complexity index is 238. The van der Waals surface area contributed by atoms with Gasteiger partial charge in [0.15, 0.2) is 0 Å². The van der Waals surface area contributed by atoms with E-state index in [0.29, 0.717) is 12.6 Å². The van der Waals surface area contributed by atoms with Crippen molar-refractivity contribution in [2.45, 2.75) is 31.7 Å². The number of rotatable bonds is 3. The third-order valence-electron chi connectivity index (χ3n) is 3.74. The summed E-state index contributed by atoms with van der Waals surface area (Å²) in [6.07, 6.45) is 5.18. The Morgan fingerprint density at radius 1 is 1.38 bits per heavy atom. The molecule has 16 heavy (non-hydrogen) atoms. The van der Waals surface area contributed by atoms with Gasteiger partial charge in [-0.25, -0.2) is 0 Å². The number of nitrogens with one attached hydrogen (secondary N) is 1. The lowest BCUT2D eigenvalue weighted by atomic mass is 10.0. The first-order valence-corrected chi connectivity index (χ1v) is 6.45. The highest BCUT2D eigenvalue weighted by Gasteiger charge is 2.21. The third-order valence-corrected chi connectivity index (χ3v) is 3.74. The highest BCUT2D eigenvalue weighted by Crippen LogP contribution is 2.11. The Labute approximate surface area is 98.0 Å². The van der Waals surface area contributed by atoms with Crippen LogP contribution in [0.3, 0.4) is 0 Å². The number of hydrogen-bond donors (Lipinski definition) is 1. The summed E-state index contributed by atoms with van der Waals surface area (Å²) in [5, 5.41) is 3.56. The van der Waals surface area contributed by atoms with Gasteiger partial charge in [-0.1, -0.05) is 6.42 Å². The van der Waals surface area contributed by atoms with Crippen LogP contribution in [-0.2, 0) is 4.79 Å². The van der Waals surface area contributed by atoms with Gasteiger partial charge in [0, 0.05) is 32.7 Å². The van der Waals surface area contributed by atoms with Crippen LogP contribution in [0.4, 0.5) is 0 Å². The number of carbonyl (C=O) groups excluding carboxylic acids is 1.